The maximum absolute atomic E-state index is 3.61. The van der Waals surface area contributed by atoms with Gasteiger partial charge in [0.05, 0.1) is 0 Å². The van der Waals surface area contributed by atoms with Crippen LogP contribution >= 0.6 is 0 Å². The van der Waals surface area contributed by atoms with E-state index in [4.69, 9.17) is 0 Å². The number of hydrogen-bond donors (Lipinski definition) is 1. The van der Waals surface area contributed by atoms with Gasteiger partial charge in [-0.05, 0) is 57.8 Å². The molecule has 1 rings (SSSR count). The molecular formula is C15H32N2. The topological polar surface area (TPSA) is 15.3 Å². The van der Waals surface area contributed by atoms with E-state index >= 15 is 0 Å². The van der Waals surface area contributed by atoms with Gasteiger partial charge in [0.1, 0.15) is 0 Å². The van der Waals surface area contributed by atoms with Crippen LogP contribution in [0.2, 0.25) is 0 Å². The smallest absolute Gasteiger partial charge is 0.0133 e. The number of nitrogens with one attached hydrogen (secondary N) is 1. The van der Waals surface area contributed by atoms with Crippen LogP contribution < -0.4 is 5.32 Å². The van der Waals surface area contributed by atoms with Gasteiger partial charge in [-0.25, -0.2) is 0 Å². The molecule has 2 unspecified atom stereocenters. The van der Waals surface area contributed by atoms with Crippen LogP contribution in [0.15, 0.2) is 0 Å². The molecule has 0 spiro atoms. The van der Waals surface area contributed by atoms with Crippen LogP contribution in [0.3, 0.4) is 0 Å². The molecule has 0 aliphatic heterocycles. The highest BCUT2D eigenvalue weighted by Crippen LogP contribution is 2.31. The highest BCUT2D eigenvalue weighted by molar-refractivity contribution is 4.88. The Kier molecular flexibility index (Phi) is 7.14. The average Bonchev–Trinajstić information content (AvgIpc) is 2.22. The summed E-state index contributed by atoms with van der Waals surface area (Å²) in [4.78, 5) is 2.60. The second kappa shape index (κ2) is 8.10. The van der Waals surface area contributed by atoms with Crippen LogP contribution in [0, 0.1) is 11.8 Å². The summed E-state index contributed by atoms with van der Waals surface area (Å²) in [5.74, 6) is 1.68. The standard InChI is InChI=1S/C15H32N2/c1-5-6-7-10-17(4)15-9-8-14(15)12-16-11-13(2)3/h13-16H,5-12H2,1-4H3. The average molecular weight is 240 g/mol. The molecule has 1 aliphatic carbocycles. The number of hydrogen-bond acceptors (Lipinski definition) is 2. The summed E-state index contributed by atoms with van der Waals surface area (Å²) in [6.45, 7) is 10.5. The first-order valence-corrected chi connectivity index (χ1v) is 7.56. The van der Waals surface area contributed by atoms with Crippen LogP contribution in [0.5, 0.6) is 0 Å². The fraction of sp³-hybridized carbons (Fsp3) is 1.00. The minimum Gasteiger partial charge on any atom is -0.316 e. The number of unbranched alkanes of at least 4 members (excludes halogenated alkanes) is 2. The van der Waals surface area contributed by atoms with Gasteiger partial charge in [0.15, 0.2) is 0 Å². The van der Waals surface area contributed by atoms with Gasteiger partial charge >= 0.3 is 0 Å². The fourth-order valence-electron chi connectivity index (χ4n) is 2.70. The van der Waals surface area contributed by atoms with Crippen molar-refractivity contribution in [3.05, 3.63) is 0 Å². The summed E-state index contributed by atoms with van der Waals surface area (Å²) in [6, 6.07) is 0.853. The Morgan fingerprint density at radius 3 is 2.53 bits per heavy atom. The maximum atomic E-state index is 3.61. The van der Waals surface area contributed by atoms with Crippen molar-refractivity contribution in [1.29, 1.82) is 0 Å². The van der Waals surface area contributed by atoms with Crippen LogP contribution in [-0.4, -0.2) is 37.6 Å². The van der Waals surface area contributed by atoms with Crippen molar-refractivity contribution in [2.75, 3.05) is 26.7 Å². The number of rotatable bonds is 9. The summed E-state index contributed by atoms with van der Waals surface area (Å²) in [7, 11) is 2.31. The largest absolute Gasteiger partial charge is 0.316 e. The zero-order valence-electron chi connectivity index (χ0n) is 12.3. The number of nitrogens with zero attached hydrogens (tertiary/aromatic N) is 1. The first kappa shape index (κ1) is 15.0. The van der Waals surface area contributed by atoms with Crippen molar-refractivity contribution < 1.29 is 0 Å². The molecule has 2 heteroatoms. The summed E-state index contributed by atoms with van der Waals surface area (Å²) in [6.07, 6.45) is 6.92. The van der Waals surface area contributed by atoms with E-state index in [0.29, 0.717) is 0 Å². The zero-order chi connectivity index (χ0) is 12.7. The van der Waals surface area contributed by atoms with E-state index in [-0.39, 0.29) is 0 Å². The molecule has 102 valence electrons. The van der Waals surface area contributed by atoms with Crippen molar-refractivity contribution in [1.82, 2.24) is 10.2 Å². The van der Waals surface area contributed by atoms with Gasteiger partial charge in [-0.1, -0.05) is 33.6 Å². The third kappa shape index (κ3) is 5.39. The second-order valence-electron chi connectivity index (χ2n) is 6.14. The van der Waals surface area contributed by atoms with Gasteiger partial charge < -0.3 is 10.2 Å². The van der Waals surface area contributed by atoms with E-state index in [1.54, 1.807) is 0 Å². The Bertz CT molecular complexity index is 191. The molecule has 2 nitrogen and oxygen atoms in total. The molecule has 2 atom stereocenters. The predicted molar refractivity (Wildman–Crippen MR) is 76.4 cm³/mol. The lowest BCUT2D eigenvalue weighted by molar-refractivity contribution is 0.0820. The van der Waals surface area contributed by atoms with E-state index < -0.39 is 0 Å². The fourth-order valence-corrected chi connectivity index (χ4v) is 2.70. The molecule has 1 saturated carbocycles. The zero-order valence-corrected chi connectivity index (χ0v) is 12.3. The Morgan fingerprint density at radius 1 is 1.24 bits per heavy atom. The van der Waals surface area contributed by atoms with Gasteiger partial charge in [0, 0.05) is 6.04 Å². The third-order valence-corrected chi connectivity index (χ3v) is 4.02. The highest BCUT2D eigenvalue weighted by Gasteiger charge is 2.32. The molecule has 0 saturated heterocycles. The molecule has 0 aromatic carbocycles. The van der Waals surface area contributed by atoms with Crippen molar-refractivity contribution in [2.45, 2.75) is 58.9 Å². The Balaban J connectivity index is 2.12. The van der Waals surface area contributed by atoms with Gasteiger partial charge in [-0.2, -0.15) is 0 Å². The predicted octanol–water partition coefficient (Wildman–Crippen LogP) is 3.13. The summed E-state index contributed by atoms with van der Waals surface area (Å²) in [5.41, 5.74) is 0. The molecule has 0 aromatic heterocycles. The molecule has 17 heavy (non-hydrogen) atoms. The summed E-state index contributed by atoms with van der Waals surface area (Å²) >= 11 is 0. The van der Waals surface area contributed by atoms with Crippen LogP contribution in [0.1, 0.15) is 52.9 Å². The van der Waals surface area contributed by atoms with E-state index in [1.165, 1.54) is 51.7 Å². The molecule has 0 amide bonds. The Hall–Kier alpha value is -0.0800. The summed E-state index contributed by atoms with van der Waals surface area (Å²) in [5, 5.41) is 3.61. The molecule has 0 radical (unpaired) electrons. The van der Waals surface area contributed by atoms with Crippen LogP contribution in [0.25, 0.3) is 0 Å². The molecule has 0 heterocycles. The monoisotopic (exact) mass is 240 g/mol. The van der Waals surface area contributed by atoms with E-state index in [9.17, 15) is 0 Å². The minimum absolute atomic E-state index is 0.774. The molecule has 1 aliphatic rings. The van der Waals surface area contributed by atoms with Crippen molar-refractivity contribution >= 4 is 0 Å². The van der Waals surface area contributed by atoms with Gasteiger partial charge in [-0.3, -0.25) is 0 Å². The van der Waals surface area contributed by atoms with Crippen molar-refractivity contribution in [3.63, 3.8) is 0 Å². The lowest BCUT2D eigenvalue weighted by Gasteiger charge is -2.43. The van der Waals surface area contributed by atoms with Gasteiger partial charge in [0.2, 0.25) is 0 Å². The van der Waals surface area contributed by atoms with E-state index in [0.717, 1.165) is 17.9 Å². The van der Waals surface area contributed by atoms with Crippen LogP contribution in [0.4, 0.5) is 0 Å². The van der Waals surface area contributed by atoms with E-state index in [2.05, 4.69) is 38.0 Å². The Labute approximate surface area is 108 Å². The minimum atomic E-state index is 0.774. The van der Waals surface area contributed by atoms with Crippen molar-refractivity contribution in [2.24, 2.45) is 11.8 Å². The second-order valence-corrected chi connectivity index (χ2v) is 6.14. The SMILES string of the molecule is CCCCCN(C)C1CCC1CNCC(C)C. The normalized spacial score (nSPS) is 24.4. The van der Waals surface area contributed by atoms with Crippen LogP contribution in [-0.2, 0) is 0 Å². The third-order valence-electron chi connectivity index (χ3n) is 4.02. The molecular weight excluding hydrogens is 208 g/mol. The molecule has 0 bridgehead atoms. The van der Waals surface area contributed by atoms with Gasteiger partial charge in [0.25, 0.3) is 0 Å². The summed E-state index contributed by atoms with van der Waals surface area (Å²) < 4.78 is 0. The Morgan fingerprint density at radius 2 is 2.00 bits per heavy atom. The van der Waals surface area contributed by atoms with E-state index in [1.807, 2.05) is 0 Å². The highest BCUT2D eigenvalue weighted by atomic mass is 15.1. The quantitative estimate of drug-likeness (QED) is 0.623. The first-order chi connectivity index (χ1) is 8.15. The first-order valence-electron chi connectivity index (χ1n) is 7.56. The van der Waals surface area contributed by atoms with Crippen molar-refractivity contribution in [3.8, 4) is 0 Å². The molecule has 0 aromatic rings. The van der Waals surface area contributed by atoms with Gasteiger partial charge in [-0.15, -0.1) is 0 Å². The maximum Gasteiger partial charge on any atom is 0.0133 e. The lowest BCUT2D eigenvalue weighted by atomic mass is 9.78. The lowest BCUT2D eigenvalue weighted by Crippen LogP contribution is -2.49. The molecule has 1 fully saturated rings. The molecule has 1 N–H and O–H groups in total.